The second-order valence-corrected chi connectivity index (χ2v) is 6.97. The lowest BCUT2D eigenvalue weighted by Crippen LogP contribution is -2.68. The fourth-order valence-corrected chi connectivity index (χ4v) is 3.56. The third kappa shape index (κ3) is 2.68. The first-order valence-electron chi connectivity index (χ1n) is 7.50. The zero-order chi connectivity index (χ0) is 12.5. The molecule has 2 fully saturated rings. The molecule has 1 aliphatic heterocycles. The number of nitrogens with one attached hydrogen (secondary N) is 1. The van der Waals surface area contributed by atoms with Gasteiger partial charge in [-0.1, -0.05) is 33.6 Å². The van der Waals surface area contributed by atoms with Crippen LogP contribution in [0.4, 0.5) is 0 Å². The van der Waals surface area contributed by atoms with Gasteiger partial charge in [0.2, 0.25) is 0 Å². The summed E-state index contributed by atoms with van der Waals surface area (Å²) >= 11 is 0. The first-order chi connectivity index (χ1) is 8.00. The third-order valence-corrected chi connectivity index (χ3v) is 5.01. The fraction of sp³-hybridized carbons (Fsp3) is 1.00. The number of nitrogens with zero attached hydrogens (tertiary/aromatic N) is 1. The second kappa shape index (κ2) is 4.89. The van der Waals surface area contributed by atoms with Crippen LogP contribution in [0.15, 0.2) is 0 Å². The average molecular weight is 238 g/mol. The van der Waals surface area contributed by atoms with E-state index >= 15 is 0 Å². The van der Waals surface area contributed by atoms with E-state index in [0.717, 1.165) is 5.92 Å². The molecule has 1 spiro atoms. The molecule has 17 heavy (non-hydrogen) atoms. The highest BCUT2D eigenvalue weighted by Crippen LogP contribution is 2.37. The smallest absolute Gasteiger partial charge is 0.0309 e. The molecule has 2 rings (SSSR count). The van der Waals surface area contributed by atoms with Crippen molar-refractivity contribution in [1.82, 2.24) is 10.2 Å². The molecule has 100 valence electrons. The van der Waals surface area contributed by atoms with E-state index in [1.165, 1.54) is 51.7 Å². The molecule has 2 aliphatic rings. The van der Waals surface area contributed by atoms with E-state index in [1.54, 1.807) is 0 Å². The minimum Gasteiger partial charge on any atom is -0.308 e. The topological polar surface area (TPSA) is 15.3 Å². The molecule has 1 saturated heterocycles. The predicted molar refractivity (Wildman–Crippen MR) is 74.3 cm³/mol. The number of piperazine rings is 1. The number of rotatable bonds is 3. The summed E-state index contributed by atoms with van der Waals surface area (Å²) in [5.74, 6) is 0.775. The highest BCUT2D eigenvalue weighted by Gasteiger charge is 2.45. The zero-order valence-corrected chi connectivity index (χ0v) is 12.2. The zero-order valence-electron chi connectivity index (χ0n) is 12.2. The lowest BCUT2D eigenvalue weighted by Gasteiger charge is -2.53. The van der Waals surface area contributed by atoms with Gasteiger partial charge < -0.3 is 5.32 Å². The number of hydrogen-bond acceptors (Lipinski definition) is 2. The van der Waals surface area contributed by atoms with Crippen molar-refractivity contribution in [3.05, 3.63) is 0 Å². The molecule has 2 nitrogen and oxygen atoms in total. The van der Waals surface area contributed by atoms with Crippen LogP contribution in [0.5, 0.6) is 0 Å². The van der Waals surface area contributed by atoms with Gasteiger partial charge in [0.15, 0.2) is 0 Å². The SMILES string of the molecule is CCC1(C)CNC2(CCCC2)CN1CC(C)C. The van der Waals surface area contributed by atoms with Crippen molar-refractivity contribution in [3.8, 4) is 0 Å². The lowest BCUT2D eigenvalue weighted by atomic mass is 9.84. The lowest BCUT2D eigenvalue weighted by molar-refractivity contribution is 0.00624. The van der Waals surface area contributed by atoms with E-state index in [4.69, 9.17) is 0 Å². The van der Waals surface area contributed by atoms with Gasteiger partial charge in [-0.15, -0.1) is 0 Å². The Kier molecular flexibility index (Phi) is 3.84. The minimum atomic E-state index is 0.373. The van der Waals surface area contributed by atoms with Crippen molar-refractivity contribution in [2.24, 2.45) is 5.92 Å². The molecular weight excluding hydrogens is 208 g/mol. The van der Waals surface area contributed by atoms with E-state index in [2.05, 4.69) is 37.9 Å². The van der Waals surface area contributed by atoms with Gasteiger partial charge in [-0.3, -0.25) is 4.90 Å². The molecular formula is C15H30N2. The Balaban J connectivity index is 2.09. The van der Waals surface area contributed by atoms with Crippen molar-refractivity contribution in [1.29, 1.82) is 0 Å². The minimum absolute atomic E-state index is 0.373. The Morgan fingerprint density at radius 2 is 1.88 bits per heavy atom. The van der Waals surface area contributed by atoms with Gasteiger partial charge in [-0.05, 0) is 32.1 Å². The molecule has 0 aromatic carbocycles. The van der Waals surface area contributed by atoms with E-state index in [9.17, 15) is 0 Å². The summed E-state index contributed by atoms with van der Waals surface area (Å²) in [4.78, 5) is 2.78. The predicted octanol–water partition coefficient (Wildman–Crippen LogP) is 3.03. The third-order valence-electron chi connectivity index (χ3n) is 5.01. The van der Waals surface area contributed by atoms with Crippen LogP contribution in [-0.2, 0) is 0 Å². The van der Waals surface area contributed by atoms with Gasteiger partial charge in [0.1, 0.15) is 0 Å². The largest absolute Gasteiger partial charge is 0.308 e. The average Bonchev–Trinajstić information content (AvgIpc) is 2.72. The quantitative estimate of drug-likeness (QED) is 0.813. The first-order valence-corrected chi connectivity index (χ1v) is 7.50. The Hall–Kier alpha value is -0.0800. The molecule has 1 aliphatic carbocycles. The van der Waals surface area contributed by atoms with Crippen molar-refractivity contribution in [2.75, 3.05) is 19.6 Å². The van der Waals surface area contributed by atoms with Gasteiger partial charge in [0, 0.05) is 30.7 Å². The maximum absolute atomic E-state index is 3.90. The Bertz CT molecular complexity index is 256. The molecule has 0 bridgehead atoms. The number of hydrogen-bond donors (Lipinski definition) is 1. The second-order valence-electron chi connectivity index (χ2n) is 6.97. The van der Waals surface area contributed by atoms with Crippen LogP contribution in [-0.4, -0.2) is 35.6 Å². The highest BCUT2D eigenvalue weighted by molar-refractivity contribution is 5.05. The van der Waals surface area contributed by atoms with Crippen LogP contribution in [0.1, 0.15) is 59.8 Å². The van der Waals surface area contributed by atoms with Crippen LogP contribution in [0.2, 0.25) is 0 Å². The standard InChI is InChI=1S/C15H30N2/c1-5-14(4)11-16-15(8-6-7-9-15)12-17(14)10-13(2)3/h13,16H,5-12H2,1-4H3. The van der Waals surface area contributed by atoms with Crippen LogP contribution < -0.4 is 5.32 Å². The first kappa shape index (κ1) is 13.4. The monoisotopic (exact) mass is 238 g/mol. The van der Waals surface area contributed by atoms with Crippen molar-refractivity contribution < 1.29 is 0 Å². The molecule has 0 radical (unpaired) electrons. The van der Waals surface area contributed by atoms with E-state index in [0.29, 0.717) is 11.1 Å². The van der Waals surface area contributed by atoms with E-state index in [-0.39, 0.29) is 0 Å². The summed E-state index contributed by atoms with van der Waals surface area (Å²) in [6.07, 6.45) is 6.88. The normalized spacial score (nSPS) is 33.7. The molecule has 1 unspecified atom stereocenters. The molecule has 0 aromatic rings. The summed E-state index contributed by atoms with van der Waals surface area (Å²) in [6, 6.07) is 0. The molecule has 1 N–H and O–H groups in total. The van der Waals surface area contributed by atoms with Gasteiger partial charge >= 0.3 is 0 Å². The van der Waals surface area contributed by atoms with Crippen LogP contribution in [0.25, 0.3) is 0 Å². The fourth-order valence-electron chi connectivity index (χ4n) is 3.56. The summed E-state index contributed by atoms with van der Waals surface area (Å²) in [5, 5.41) is 3.90. The summed E-state index contributed by atoms with van der Waals surface area (Å²) < 4.78 is 0. The molecule has 2 heteroatoms. The summed E-state index contributed by atoms with van der Waals surface area (Å²) in [7, 11) is 0. The van der Waals surface area contributed by atoms with Gasteiger partial charge in [0.25, 0.3) is 0 Å². The molecule has 1 atom stereocenters. The van der Waals surface area contributed by atoms with Gasteiger partial charge in [-0.2, -0.15) is 0 Å². The van der Waals surface area contributed by atoms with Crippen molar-refractivity contribution in [2.45, 2.75) is 70.9 Å². The maximum atomic E-state index is 3.90. The molecule has 0 amide bonds. The van der Waals surface area contributed by atoms with Crippen LogP contribution >= 0.6 is 0 Å². The van der Waals surface area contributed by atoms with Crippen LogP contribution in [0.3, 0.4) is 0 Å². The molecule has 1 saturated carbocycles. The molecule has 0 aromatic heterocycles. The maximum Gasteiger partial charge on any atom is 0.0309 e. The van der Waals surface area contributed by atoms with E-state index in [1.807, 2.05) is 0 Å². The highest BCUT2D eigenvalue weighted by atomic mass is 15.3. The van der Waals surface area contributed by atoms with Crippen LogP contribution in [0, 0.1) is 5.92 Å². The summed E-state index contributed by atoms with van der Waals surface area (Å²) in [6.45, 7) is 13.2. The Labute approximate surface area is 107 Å². The Morgan fingerprint density at radius 3 is 2.41 bits per heavy atom. The van der Waals surface area contributed by atoms with E-state index < -0.39 is 0 Å². The van der Waals surface area contributed by atoms with Gasteiger partial charge in [0.05, 0.1) is 0 Å². The van der Waals surface area contributed by atoms with Gasteiger partial charge in [-0.25, -0.2) is 0 Å². The summed E-state index contributed by atoms with van der Waals surface area (Å²) in [5.41, 5.74) is 0.835. The van der Waals surface area contributed by atoms with Crippen molar-refractivity contribution in [3.63, 3.8) is 0 Å². The van der Waals surface area contributed by atoms with Crippen molar-refractivity contribution >= 4 is 0 Å². The Morgan fingerprint density at radius 1 is 1.24 bits per heavy atom. The molecule has 1 heterocycles.